The zero-order valence-electron chi connectivity index (χ0n) is 14.9. The van der Waals surface area contributed by atoms with Gasteiger partial charge in [0.15, 0.2) is 0 Å². The highest BCUT2D eigenvalue weighted by molar-refractivity contribution is 7.16. The van der Waals surface area contributed by atoms with Crippen LogP contribution in [0, 0.1) is 17.2 Å². The number of hydrogen-bond donors (Lipinski definition) is 0. The van der Waals surface area contributed by atoms with E-state index in [2.05, 4.69) is 44.2 Å². The predicted molar refractivity (Wildman–Crippen MR) is 104 cm³/mol. The molecule has 1 nitrogen and oxygen atoms in total. The summed E-state index contributed by atoms with van der Waals surface area (Å²) in [6, 6.07) is 11.4. The number of thiophene rings is 1. The first-order chi connectivity index (χ1) is 11.7. The topological polar surface area (TPSA) is 23.8 Å². The van der Waals surface area contributed by atoms with Crippen LogP contribution < -0.4 is 0 Å². The van der Waals surface area contributed by atoms with Crippen LogP contribution in [0.5, 0.6) is 0 Å². The molecular weight excluding hydrogens is 310 g/mol. The molecule has 1 aliphatic rings. The third kappa shape index (κ3) is 3.73. The lowest BCUT2D eigenvalue weighted by Crippen LogP contribution is -2.09. The van der Waals surface area contributed by atoms with E-state index in [9.17, 15) is 5.26 Å². The van der Waals surface area contributed by atoms with Gasteiger partial charge in [0.2, 0.25) is 0 Å². The van der Waals surface area contributed by atoms with Crippen molar-refractivity contribution in [2.24, 2.45) is 5.92 Å². The number of aryl methyl sites for hydroxylation is 2. The highest BCUT2D eigenvalue weighted by atomic mass is 32.1. The molecule has 1 aliphatic carbocycles. The molecule has 0 bridgehead atoms. The summed E-state index contributed by atoms with van der Waals surface area (Å²) in [4.78, 5) is 2.64. The van der Waals surface area contributed by atoms with Crippen molar-refractivity contribution in [2.75, 3.05) is 0 Å². The van der Waals surface area contributed by atoms with E-state index in [1.165, 1.54) is 65.0 Å². The van der Waals surface area contributed by atoms with Gasteiger partial charge in [-0.25, -0.2) is 0 Å². The van der Waals surface area contributed by atoms with Crippen LogP contribution in [0.25, 0.3) is 10.4 Å². The third-order valence-corrected chi connectivity index (χ3v) is 6.50. The fourth-order valence-corrected chi connectivity index (χ4v) is 4.96. The van der Waals surface area contributed by atoms with Gasteiger partial charge in [-0.1, -0.05) is 57.4 Å². The molecule has 1 aromatic carbocycles. The molecule has 0 unspecified atom stereocenters. The van der Waals surface area contributed by atoms with Crippen LogP contribution in [0.3, 0.4) is 0 Å². The Morgan fingerprint density at radius 1 is 1.17 bits per heavy atom. The van der Waals surface area contributed by atoms with Gasteiger partial charge in [-0.05, 0) is 54.7 Å². The number of nitrogens with zero attached hydrogens (tertiary/aromatic N) is 1. The summed E-state index contributed by atoms with van der Waals surface area (Å²) in [5, 5.41) is 9.69. The molecule has 1 atom stereocenters. The fraction of sp³-hybridized carbons (Fsp3) is 0.500. The molecule has 3 rings (SSSR count). The zero-order valence-corrected chi connectivity index (χ0v) is 15.7. The molecule has 2 heteroatoms. The van der Waals surface area contributed by atoms with Crippen molar-refractivity contribution >= 4 is 11.3 Å². The van der Waals surface area contributed by atoms with Crippen molar-refractivity contribution in [1.82, 2.24) is 0 Å². The quantitative estimate of drug-likeness (QED) is 0.549. The van der Waals surface area contributed by atoms with E-state index < -0.39 is 0 Å². The monoisotopic (exact) mass is 337 g/mol. The highest BCUT2D eigenvalue weighted by Crippen LogP contribution is 2.41. The summed E-state index contributed by atoms with van der Waals surface area (Å²) in [5.74, 6) is 0.706. The van der Waals surface area contributed by atoms with Crippen LogP contribution >= 0.6 is 11.3 Å². The van der Waals surface area contributed by atoms with Crippen LogP contribution in [0.4, 0.5) is 0 Å². The summed E-state index contributed by atoms with van der Waals surface area (Å²) in [6.45, 7) is 4.55. The van der Waals surface area contributed by atoms with E-state index in [1.54, 1.807) is 0 Å². The smallest absolute Gasteiger partial charge is 0.101 e. The second-order valence-electron chi connectivity index (χ2n) is 7.18. The first-order valence-electron chi connectivity index (χ1n) is 9.36. The van der Waals surface area contributed by atoms with Crippen molar-refractivity contribution in [1.29, 1.82) is 5.26 Å². The summed E-state index contributed by atoms with van der Waals surface area (Å²) in [6.07, 6.45) is 9.88. The minimum absolute atomic E-state index is 0.706. The number of benzene rings is 1. The standard InChI is InChI=1S/C22H27NS/c1-3-4-5-6-7-17-9-11-18(12-10-17)22-20(15-23)19-14-16(2)8-13-21(19)24-22/h9-12,16H,3-8,13-14H2,1-2H3/t16-/m1/s1. The van der Waals surface area contributed by atoms with Crippen LogP contribution in [0.1, 0.15) is 67.5 Å². The lowest BCUT2D eigenvalue weighted by Gasteiger charge is -2.17. The maximum atomic E-state index is 9.69. The van der Waals surface area contributed by atoms with Gasteiger partial charge in [0, 0.05) is 4.88 Å². The van der Waals surface area contributed by atoms with E-state index in [1.807, 2.05) is 11.3 Å². The Balaban J connectivity index is 1.78. The Morgan fingerprint density at radius 2 is 1.96 bits per heavy atom. The molecular formula is C22H27NS. The van der Waals surface area contributed by atoms with Crippen molar-refractivity contribution in [2.45, 2.75) is 65.2 Å². The van der Waals surface area contributed by atoms with Crippen molar-refractivity contribution in [3.63, 3.8) is 0 Å². The van der Waals surface area contributed by atoms with Crippen molar-refractivity contribution in [3.05, 3.63) is 45.8 Å². The first kappa shape index (κ1) is 17.2. The van der Waals surface area contributed by atoms with Gasteiger partial charge in [-0.15, -0.1) is 11.3 Å². The van der Waals surface area contributed by atoms with Crippen LogP contribution in [0.15, 0.2) is 24.3 Å². The van der Waals surface area contributed by atoms with Crippen molar-refractivity contribution < 1.29 is 0 Å². The zero-order chi connectivity index (χ0) is 16.9. The van der Waals surface area contributed by atoms with Gasteiger partial charge < -0.3 is 0 Å². The van der Waals surface area contributed by atoms with Gasteiger partial charge >= 0.3 is 0 Å². The Bertz CT molecular complexity index is 718. The van der Waals surface area contributed by atoms with Gasteiger partial charge in [-0.2, -0.15) is 5.26 Å². The van der Waals surface area contributed by atoms with Gasteiger partial charge in [-0.3, -0.25) is 0 Å². The van der Waals surface area contributed by atoms with Gasteiger partial charge in [0.25, 0.3) is 0 Å². The lowest BCUT2D eigenvalue weighted by molar-refractivity contribution is 0.506. The van der Waals surface area contributed by atoms with Crippen molar-refractivity contribution in [3.8, 4) is 16.5 Å². The molecule has 1 heterocycles. The highest BCUT2D eigenvalue weighted by Gasteiger charge is 2.24. The first-order valence-corrected chi connectivity index (χ1v) is 10.2. The Morgan fingerprint density at radius 3 is 2.67 bits per heavy atom. The molecule has 0 amide bonds. The maximum absolute atomic E-state index is 9.69. The summed E-state index contributed by atoms with van der Waals surface area (Å²) >= 11 is 1.85. The molecule has 126 valence electrons. The molecule has 0 spiro atoms. The van der Waals surface area contributed by atoms with E-state index in [0.717, 1.165) is 18.4 Å². The van der Waals surface area contributed by atoms with E-state index in [-0.39, 0.29) is 0 Å². The normalized spacial score (nSPS) is 16.6. The molecule has 0 fully saturated rings. The third-order valence-electron chi connectivity index (χ3n) is 5.15. The van der Waals surface area contributed by atoms with Gasteiger partial charge in [0.05, 0.1) is 10.4 Å². The molecule has 1 aromatic heterocycles. The largest absolute Gasteiger partial charge is 0.192 e. The number of nitriles is 1. The average Bonchev–Trinajstić information content (AvgIpc) is 2.97. The number of rotatable bonds is 6. The molecule has 0 saturated heterocycles. The molecule has 0 saturated carbocycles. The molecule has 2 aromatic rings. The van der Waals surface area contributed by atoms with Gasteiger partial charge in [0.1, 0.15) is 6.07 Å². The second kappa shape index (κ2) is 7.99. The summed E-state index contributed by atoms with van der Waals surface area (Å²) in [7, 11) is 0. The molecule has 24 heavy (non-hydrogen) atoms. The summed E-state index contributed by atoms with van der Waals surface area (Å²) < 4.78 is 0. The Kier molecular flexibility index (Phi) is 5.74. The minimum Gasteiger partial charge on any atom is -0.192 e. The van der Waals surface area contributed by atoms with Crippen LogP contribution in [-0.2, 0) is 19.3 Å². The number of fused-ring (bicyclic) bond motifs is 1. The van der Waals surface area contributed by atoms with Crippen LogP contribution in [-0.4, -0.2) is 0 Å². The Hall–Kier alpha value is -1.59. The fourth-order valence-electron chi connectivity index (χ4n) is 3.66. The second-order valence-corrected chi connectivity index (χ2v) is 8.28. The molecule has 0 aliphatic heterocycles. The van der Waals surface area contributed by atoms with E-state index in [0.29, 0.717) is 5.92 Å². The summed E-state index contributed by atoms with van der Waals surface area (Å²) in [5.41, 5.74) is 4.91. The molecule has 0 N–H and O–H groups in total. The van der Waals surface area contributed by atoms with Crippen LogP contribution in [0.2, 0.25) is 0 Å². The number of unbranched alkanes of at least 4 members (excludes halogenated alkanes) is 3. The number of hydrogen-bond acceptors (Lipinski definition) is 2. The SMILES string of the molecule is CCCCCCc1ccc(-c2sc3c(c2C#N)C[C@H](C)CC3)cc1. The van der Waals surface area contributed by atoms with E-state index in [4.69, 9.17) is 0 Å². The maximum Gasteiger partial charge on any atom is 0.101 e. The van der Waals surface area contributed by atoms with E-state index >= 15 is 0 Å². The molecule has 0 radical (unpaired) electrons. The lowest BCUT2D eigenvalue weighted by atomic mass is 9.87. The minimum atomic E-state index is 0.706. The Labute approximate surface area is 150 Å². The predicted octanol–water partition coefficient (Wildman–Crippen LogP) is 6.53. The average molecular weight is 338 g/mol.